The van der Waals surface area contributed by atoms with Crippen LogP contribution in [0.2, 0.25) is 0 Å². The Bertz CT molecular complexity index is 742. The Morgan fingerprint density at radius 1 is 1.12 bits per heavy atom. The van der Waals surface area contributed by atoms with Gasteiger partial charge in [-0.1, -0.05) is 18.2 Å². The van der Waals surface area contributed by atoms with E-state index in [9.17, 15) is 4.79 Å². The van der Waals surface area contributed by atoms with Gasteiger partial charge in [0.15, 0.2) is 11.5 Å². The van der Waals surface area contributed by atoms with Gasteiger partial charge in [-0.15, -0.1) is 0 Å². The van der Waals surface area contributed by atoms with E-state index in [0.29, 0.717) is 13.0 Å². The van der Waals surface area contributed by atoms with Crippen LogP contribution in [0.3, 0.4) is 0 Å². The maximum atomic E-state index is 12.1. The lowest BCUT2D eigenvalue weighted by atomic mass is 10.1. The van der Waals surface area contributed by atoms with E-state index in [1.807, 2.05) is 56.3 Å². The lowest BCUT2D eigenvalue weighted by Gasteiger charge is -2.11. The highest BCUT2D eigenvalue weighted by molar-refractivity contribution is 5.78. The van der Waals surface area contributed by atoms with Crippen LogP contribution >= 0.6 is 0 Å². The van der Waals surface area contributed by atoms with Gasteiger partial charge >= 0.3 is 0 Å². The molecule has 25 heavy (non-hydrogen) atoms. The molecular weight excluding hydrogens is 318 g/mol. The van der Waals surface area contributed by atoms with Crippen LogP contribution in [0, 0.1) is 0 Å². The smallest absolute Gasteiger partial charge is 0.231 e. The number of carbonyl (C=O) groups excluding carboxylic acids is 1. The second-order valence-corrected chi connectivity index (χ2v) is 6.28. The van der Waals surface area contributed by atoms with E-state index in [1.165, 1.54) is 0 Å². The molecule has 1 amide bonds. The first kappa shape index (κ1) is 17.1. The maximum absolute atomic E-state index is 12.1. The van der Waals surface area contributed by atoms with Crippen molar-refractivity contribution in [1.29, 1.82) is 0 Å². The highest BCUT2D eigenvalue weighted by atomic mass is 16.7. The molecule has 1 heterocycles. The second kappa shape index (κ2) is 7.92. The molecule has 1 N–H and O–H groups in total. The fourth-order valence-corrected chi connectivity index (χ4v) is 2.69. The molecule has 2 aromatic carbocycles. The van der Waals surface area contributed by atoms with E-state index >= 15 is 0 Å². The van der Waals surface area contributed by atoms with Crippen molar-refractivity contribution in [2.45, 2.75) is 32.8 Å². The second-order valence-electron chi connectivity index (χ2n) is 6.28. The summed E-state index contributed by atoms with van der Waals surface area (Å²) >= 11 is 0. The number of fused-ring (bicyclic) bond motifs is 1. The monoisotopic (exact) mass is 341 g/mol. The molecular formula is C20H23NO4. The van der Waals surface area contributed by atoms with Crippen LogP contribution < -0.4 is 19.5 Å². The highest BCUT2D eigenvalue weighted by Crippen LogP contribution is 2.32. The number of amides is 1. The van der Waals surface area contributed by atoms with Crippen LogP contribution in [-0.2, 0) is 17.6 Å². The molecule has 0 bridgehead atoms. The fourth-order valence-electron chi connectivity index (χ4n) is 2.69. The van der Waals surface area contributed by atoms with Crippen LogP contribution in [0.1, 0.15) is 25.0 Å². The molecule has 0 aliphatic carbocycles. The third-order valence-electron chi connectivity index (χ3n) is 3.81. The largest absolute Gasteiger partial charge is 0.491 e. The minimum atomic E-state index is 0.00226. The summed E-state index contributed by atoms with van der Waals surface area (Å²) in [5.74, 6) is 2.34. The molecule has 0 fully saturated rings. The predicted molar refractivity (Wildman–Crippen MR) is 95.2 cm³/mol. The number of hydrogen-bond donors (Lipinski definition) is 1. The molecule has 0 unspecified atom stereocenters. The van der Waals surface area contributed by atoms with Gasteiger partial charge in [-0.25, -0.2) is 0 Å². The molecule has 0 radical (unpaired) electrons. The lowest BCUT2D eigenvalue weighted by molar-refractivity contribution is -0.120. The maximum Gasteiger partial charge on any atom is 0.231 e. The highest BCUT2D eigenvalue weighted by Gasteiger charge is 2.13. The Morgan fingerprint density at radius 3 is 2.80 bits per heavy atom. The molecule has 2 aromatic rings. The molecule has 0 spiro atoms. The van der Waals surface area contributed by atoms with Gasteiger partial charge < -0.3 is 19.5 Å². The molecule has 0 saturated carbocycles. The summed E-state index contributed by atoms with van der Waals surface area (Å²) in [5.41, 5.74) is 2.05. The van der Waals surface area contributed by atoms with Gasteiger partial charge in [-0.3, -0.25) is 4.79 Å². The molecule has 1 aliphatic heterocycles. The lowest BCUT2D eigenvalue weighted by Crippen LogP contribution is -2.27. The average Bonchev–Trinajstić information content (AvgIpc) is 3.02. The average molecular weight is 341 g/mol. The van der Waals surface area contributed by atoms with Gasteiger partial charge in [-0.05, 0) is 55.7 Å². The summed E-state index contributed by atoms with van der Waals surface area (Å²) in [6.07, 6.45) is 1.21. The Labute approximate surface area is 147 Å². The third kappa shape index (κ3) is 4.89. The number of ether oxygens (including phenoxy) is 3. The number of benzene rings is 2. The van der Waals surface area contributed by atoms with Crippen LogP contribution in [-0.4, -0.2) is 25.3 Å². The first-order valence-electron chi connectivity index (χ1n) is 8.51. The molecule has 3 rings (SSSR count). The fraction of sp³-hybridized carbons (Fsp3) is 0.350. The van der Waals surface area contributed by atoms with Crippen LogP contribution in [0.4, 0.5) is 0 Å². The van der Waals surface area contributed by atoms with E-state index in [-0.39, 0.29) is 18.8 Å². The Balaban J connectivity index is 1.46. The van der Waals surface area contributed by atoms with Gasteiger partial charge in [0, 0.05) is 6.54 Å². The number of carbonyl (C=O) groups is 1. The third-order valence-corrected chi connectivity index (χ3v) is 3.81. The first-order chi connectivity index (χ1) is 12.1. The van der Waals surface area contributed by atoms with Crippen molar-refractivity contribution < 1.29 is 19.0 Å². The van der Waals surface area contributed by atoms with Crippen LogP contribution in [0.5, 0.6) is 17.2 Å². The van der Waals surface area contributed by atoms with Crippen molar-refractivity contribution >= 4 is 5.91 Å². The number of hydrogen-bond acceptors (Lipinski definition) is 4. The zero-order chi connectivity index (χ0) is 17.6. The molecule has 5 heteroatoms. The molecule has 132 valence electrons. The summed E-state index contributed by atoms with van der Waals surface area (Å²) in [6.45, 7) is 4.82. The summed E-state index contributed by atoms with van der Waals surface area (Å²) in [4.78, 5) is 12.1. The standard InChI is InChI=1S/C20H23NO4/c1-14(2)25-17-5-3-4-16(10-17)12-20(22)21-9-8-15-6-7-18-19(11-15)24-13-23-18/h3-7,10-11,14H,8-9,12-13H2,1-2H3,(H,21,22). The number of rotatable bonds is 7. The van der Waals surface area contributed by atoms with Crippen molar-refractivity contribution in [2.24, 2.45) is 0 Å². The number of nitrogens with one attached hydrogen (secondary N) is 1. The van der Waals surface area contributed by atoms with Gasteiger partial charge in [0.05, 0.1) is 12.5 Å². The molecule has 5 nitrogen and oxygen atoms in total. The normalized spacial score (nSPS) is 12.3. The molecule has 1 aliphatic rings. The summed E-state index contributed by atoms with van der Waals surface area (Å²) in [6, 6.07) is 13.5. The van der Waals surface area contributed by atoms with Crippen LogP contribution in [0.25, 0.3) is 0 Å². The van der Waals surface area contributed by atoms with Gasteiger partial charge in [-0.2, -0.15) is 0 Å². The van der Waals surface area contributed by atoms with Crippen molar-refractivity contribution in [3.8, 4) is 17.2 Å². The van der Waals surface area contributed by atoms with Crippen molar-refractivity contribution in [3.05, 3.63) is 53.6 Å². The van der Waals surface area contributed by atoms with Gasteiger partial charge in [0.2, 0.25) is 12.7 Å². The quantitative estimate of drug-likeness (QED) is 0.841. The summed E-state index contributed by atoms with van der Waals surface area (Å²) in [5, 5.41) is 2.96. The van der Waals surface area contributed by atoms with E-state index in [2.05, 4.69) is 5.32 Å². The van der Waals surface area contributed by atoms with Gasteiger partial charge in [0.25, 0.3) is 0 Å². The zero-order valence-corrected chi connectivity index (χ0v) is 14.6. The van der Waals surface area contributed by atoms with E-state index in [4.69, 9.17) is 14.2 Å². The SMILES string of the molecule is CC(C)Oc1cccc(CC(=O)NCCc2ccc3c(c2)OCO3)c1. The van der Waals surface area contributed by atoms with Crippen molar-refractivity contribution in [2.75, 3.05) is 13.3 Å². The summed E-state index contributed by atoms with van der Waals surface area (Å²) < 4.78 is 16.3. The zero-order valence-electron chi connectivity index (χ0n) is 14.6. The van der Waals surface area contributed by atoms with Crippen molar-refractivity contribution in [1.82, 2.24) is 5.32 Å². The van der Waals surface area contributed by atoms with Gasteiger partial charge in [0.1, 0.15) is 5.75 Å². The van der Waals surface area contributed by atoms with Crippen molar-refractivity contribution in [3.63, 3.8) is 0 Å². The van der Waals surface area contributed by atoms with E-state index < -0.39 is 0 Å². The minimum absolute atomic E-state index is 0.00226. The molecule has 0 atom stereocenters. The molecule has 0 aromatic heterocycles. The Hall–Kier alpha value is -2.69. The Kier molecular flexibility index (Phi) is 5.43. The first-order valence-corrected chi connectivity index (χ1v) is 8.51. The van der Waals surface area contributed by atoms with E-state index in [0.717, 1.165) is 34.8 Å². The van der Waals surface area contributed by atoms with E-state index in [1.54, 1.807) is 0 Å². The topological polar surface area (TPSA) is 56.8 Å². The Morgan fingerprint density at radius 2 is 1.96 bits per heavy atom. The minimum Gasteiger partial charge on any atom is -0.491 e. The predicted octanol–water partition coefficient (Wildman–Crippen LogP) is 3.10. The van der Waals surface area contributed by atoms with Crippen LogP contribution in [0.15, 0.2) is 42.5 Å². The summed E-state index contributed by atoms with van der Waals surface area (Å²) in [7, 11) is 0. The molecule has 0 saturated heterocycles.